The Bertz CT molecular complexity index is 2140. The molecule has 0 radical (unpaired) electrons. The molecule has 0 N–H and O–H groups in total. The molecule has 70 heavy (non-hydrogen) atoms. The second-order valence-corrected chi connectivity index (χ2v) is 20.1. The molecule has 0 bridgehead atoms. The number of nitrogens with zero attached hydrogens (tertiary/aromatic N) is 6. The summed E-state index contributed by atoms with van der Waals surface area (Å²) >= 11 is 15.4. The Kier molecular flexibility index (Phi) is 25.0. The Labute approximate surface area is 436 Å². The fourth-order valence-corrected chi connectivity index (χ4v) is 9.73. The van der Waals surface area contributed by atoms with E-state index < -0.39 is 0 Å². The number of hydrogen-bond donors (Lipinski definition) is 0. The zero-order valence-electron chi connectivity index (χ0n) is 44.8. The number of allylic oxidation sites excluding steroid dienone is 4. The van der Waals surface area contributed by atoms with Gasteiger partial charge in [0.15, 0.2) is 5.71 Å². The molecule has 1 aliphatic rings. The summed E-state index contributed by atoms with van der Waals surface area (Å²) in [6.07, 6.45) is 27.9. The molecule has 0 saturated heterocycles. The standard InChI is InChI=1S/C62H90Cl2N6/c1-9-17-41-65(42-18-10-2)51-25-33-55(34-26-51)69(56-35-27-52(28-36-56)66(43-19-11-3)44-20-12-4)61-49-60(64)62(50-59(61)63)70(57-37-29-53(30-38-57)67(45-21-13-5)46-22-14-6)58-39-31-54(32-40-58)68(47-23-15-7)48-24-16-8/h25-40,49-50H,9-24,41-48H2,1-8H3/q+2. The molecule has 0 spiro atoms. The van der Waals surface area contributed by atoms with Crippen molar-refractivity contribution >= 4 is 80.1 Å². The van der Waals surface area contributed by atoms with Gasteiger partial charge < -0.3 is 19.6 Å². The maximum absolute atomic E-state index is 7.68. The van der Waals surface area contributed by atoms with Gasteiger partial charge in [-0.2, -0.15) is 4.58 Å². The zero-order chi connectivity index (χ0) is 50.1. The van der Waals surface area contributed by atoms with E-state index in [4.69, 9.17) is 23.2 Å². The second-order valence-electron chi connectivity index (χ2n) is 19.3. The third-order valence-electron chi connectivity index (χ3n) is 13.6. The van der Waals surface area contributed by atoms with Gasteiger partial charge in [0.05, 0.1) is 10.7 Å². The molecule has 0 saturated carbocycles. The molecular weight excluding hydrogens is 900 g/mol. The van der Waals surface area contributed by atoms with Gasteiger partial charge in [0.2, 0.25) is 17.1 Å². The van der Waals surface area contributed by atoms with Gasteiger partial charge in [0, 0.05) is 123 Å². The molecule has 0 aromatic heterocycles. The predicted octanol–water partition coefficient (Wildman–Crippen LogP) is 18.1. The van der Waals surface area contributed by atoms with Crippen molar-refractivity contribution in [3.63, 3.8) is 0 Å². The van der Waals surface area contributed by atoms with Crippen LogP contribution in [0.1, 0.15) is 158 Å². The highest BCUT2D eigenvalue weighted by Gasteiger charge is 2.28. The van der Waals surface area contributed by atoms with Crippen LogP contribution in [0.15, 0.2) is 109 Å². The van der Waals surface area contributed by atoms with E-state index in [1.54, 1.807) is 0 Å². The van der Waals surface area contributed by atoms with E-state index in [1.165, 1.54) is 126 Å². The fourth-order valence-electron chi connectivity index (χ4n) is 9.24. The third-order valence-corrected chi connectivity index (χ3v) is 14.2. The molecule has 6 nitrogen and oxygen atoms in total. The first-order valence-corrected chi connectivity index (χ1v) is 28.5. The Morgan fingerprint density at radius 3 is 1.06 bits per heavy atom. The number of unbranched alkanes of at least 4 members (excludes halogenated alkanes) is 8. The van der Waals surface area contributed by atoms with E-state index in [2.05, 4.69) is 193 Å². The largest absolute Gasteiger partial charge is 0.372 e. The van der Waals surface area contributed by atoms with Gasteiger partial charge in [-0.25, -0.2) is 4.58 Å². The average Bonchev–Trinajstić information content (AvgIpc) is 3.39. The Morgan fingerprint density at radius 2 is 0.700 bits per heavy atom. The molecule has 0 amide bonds. The summed E-state index contributed by atoms with van der Waals surface area (Å²) in [6.45, 7) is 26.7. The Balaban J connectivity index is 1.67. The second kappa shape index (κ2) is 31.0. The van der Waals surface area contributed by atoms with Gasteiger partial charge in [-0.1, -0.05) is 130 Å². The van der Waals surface area contributed by atoms with Crippen LogP contribution < -0.4 is 24.2 Å². The minimum Gasteiger partial charge on any atom is -0.372 e. The lowest BCUT2D eigenvalue weighted by Crippen LogP contribution is -2.26. The van der Waals surface area contributed by atoms with Crippen LogP contribution in [-0.2, 0) is 0 Å². The first-order chi connectivity index (χ1) is 34.2. The van der Waals surface area contributed by atoms with Crippen molar-refractivity contribution in [1.29, 1.82) is 0 Å². The van der Waals surface area contributed by atoms with Crippen LogP contribution in [0.5, 0.6) is 0 Å². The summed E-state index contributed by atoms with van der Waals surface area (Å²) in [5, 5.41) is 1.25. The van der Waals surface area contributed by atoms with Crippen molar-refractivity contribution in [2.75, 3.05) is 72.0 Å². The summed E-state index contributed by atoms with van der Waals surface area (Å²) in [6, 6.07) is 31.4. The van der Waals surface area contributed by atoms with Gasteiger partial charge >= 0.3 is 0 Å². The van der Waals surface area contributed by atoms with Crippen LogP contribution in [0, 0.1) is 0 Å². The first kappa shape index (κ1) is 56.4. The highest BCUT2D eigenvalue weighted by atomic mass is 35.5. The van der Waals surface area contributed by atoms with Crippen molar-refractivity contribution in [3.8, 4) is 0 Å². The topological polar surface area (TPSA) is 19.0 Å². The van der Waals surface area contributed by atoms with Crippen molar-refractivity contribution < 1.29 is 4.58 Å². The molecular formula is C62H90Cl2N6+2. The molecule has 0 fully saturated rings. The molecule has 4 aromatic carbocycles. The van der Waals surface area contributed by atoms with Crippen molar-refractivity contribution in [1.82, 2.24) is 4.58 Å². The number of halogens is 2. The highest BCUT2D eigenvalue weighted by Crippen LogP contribution is 2.45. The maximum atomic E-state index is 7.68. The smallest absolute Gasteiger partial charge is 0.232 e. The Morgan fingerprint density at radius 1 is 0.371 bits per heavy atom. The summed E-state index contributed by atoms with van der Waals surface area (Å²) in [5.41, 5.74) is 10.9. The molecule has 0 unspecified atom stereocenters. The molecule has 380 valence electrons. The van der Waals surface area contributed by atoms with Crippen LogP contribution in [0.25, 0.3) is 0 Å². The number of benzene rings is 4. The predicted molar refractivity (Wildman–Crippen MR) is 313 cm³/mol. The van der Waals surface area contributed by atoms with E-state index in [1.807, 2.05) is 0 Å². The van der Waals surface area contributed by atoms with Crippen molar-refractivity contribution in [2.24, 2.45) is 0 Å². The number of rotatable bonds is 32. The molecule has 5 rings (SSSR count). The normalized spacial score (nSPS) is 12.2. The van der Waals surface area contributed by atoms with Gasteiger partial charge in [-0.3, -0.25) is 0 Å². The third kappa shape index (κ3) is 16.3. The Hall–Kier alpha value is -4.52. The summed E-state index contributed by atoms with van der Waals surface area (Å²) in [7, 11) is 0. The van der Waals surface area contributed by atoms with Crippen molar-refractivity contribution in [2.45, 2.75) is 158 Å². The average molecular weight is 990 g/mol. The lowest BCUT2D eigenvalue weighted by atomic mass is 10.1. The van der Waals surface area contributed by atoms with Gasteiger partial charge in [0.25, 0.3) is 0 Å². The van der Waals surface area contributed by atoms with E-state index in [0.29, 0.717) is 10.0 Å². The molecule has 0 atom stereocenters. The van der Waals surface area contributed by atoms with Crippen molar-refractivity contribution in [3.05, 3.63) is 119 Å². The van der Waals surface area contributed by atoms with Crippen LogP contribution in [0.2, 0.25) is 10.0 Å². The SMILES string of the molecule is CCCCN(CCCC)c1ccc(N(c2ccc(N(CCCC)CCCC)cc2)c2cc(Cl)c([N+](=C3C=CC(=[N+](CCCC)CCCC)C=C3)c3ccc(N(CCCC)CCCC)cc3)cc2Cl)cc1. The lowest BCUT2D eigenvalue weighted by molar-refractivity contribution is -0.527. The van der Waals surface area contributed by atoms with Gasteiger partial charge in [0.1, 0.15) is 18.1 Å². The minimum atomic E-state index is 0.626. The number of anilines is 6. The molecule has 8 heteroatoms. The van der Waals surface area contributed by atoms with E-state index in [-0.39, 0.29) is 0 Å². The molecule has 4 aromatic rings. The lowest BCUT2D eigenvalue weighted by Gasteiger charge is -2.30. The van der Waals surface area contributed by atoms with Crippen LogP contribution in [0.4, 0.5) is 45.5 Å². The van der Waals surface area contributed by atoms with E-state index in [0.717, 1.165) is 86.5 Å². The molecule has 1 aliphatic carbocycles. The quantitative estimate of drug-likeness (QED) is 0.0358. The first-order valence-electron chi connectivity index (χ1n) is 27.7. The zero-order valence-corrected chi connectivity index (χ0v) is 46.3. The van der Waals surface area contributed by atoms with Crippen LogP contribution in [0.3, 0.4) is 0 Å². The van der Waals surface area contributed by atoms with Crippen LogP contribution >= 0.6 is 23.2 Å². The van der Waals surface area contributed by atoms with Gasteiger partial charge in [-0.15, -0.1) is 0 Å². The minimum absolute atomic E-state index is 0.626. The summed E-state index contributed by atoms with van der Waals surface area (Å²) in [5.74, 6) is 0. The molecule has 0 aliphatic heterocycles. The van der Waals surface area contributed by atoms with E-state index in [9.17, 15) is 0 Å². The highest BCUT2D eigenvalue weighted by molar-refractivity contribution is 6.37. The summed E-state index contributed by atoms with van der Waals surface area (Å²) < 4.78 is 4.83. The fraction of sp³-hybridized carbons (Fsp3) is 0.516. The monoisotopic (exact) mass is 989 g/mol. The van der Waals surface area contributed by atoms with E-state index >= 15 is 0 Å². The van der Waals surface area contributed by atoms with Crippen LogP contribution in [-0.4, -0.2) is 68.4 Å². The number of hydrogen-bond acceptors (Lipinski definition) is 4. The maximum Gasteiger partial charge on any atom is 0.232 e. The molecule has 0 heterocycles. The van der Waals surface area contributed by atoms with Gasteiger partial charge in [-0.05, 0) is 105 Å². The summed E-state index contributed by atoms with van der Waals surface area (Å²) in [4.78, 5) is 9.93.